The number of likely N-dealkylation sites (tertiary alicyclic amines) is 1. The molecule has 1 amide bonds. The molecule has 1 aromatic carbocycles. The van der Waals surface area contributed by atoms with Gasteiger partial charge < -0.3 is 9.64 Å². The molecule has 5 heteroatoms. The molecule has 0 aromatic heterocycles. The Kier molecular flexibility index (Phi) is 6.92. The van der Waals surface area contributed by atoms with Crippen molar-refractivity contribution < 1.29 is 9.53 Å². The predicted octanol–water partition coefficient (Wildman–Crippen LogP) is 2.60. The zero-order chi connectivity index (χ0) is 18.4. The second kappa shape index (κ2) is 9.38. The van der Waals surface area contributed by atoms with E-state index in [9.17, 15) is 4.79 Å². The molecule has 2 saturated heterocycles. The number of piperidine rings is 1. The summed E-state index contributed by atoms with van der Waals surface area (Å²) in [7, 11) is 0. The molecule has 144 valence electrons. The number of amides is 1. The molecule has 0 saturated carbocycles. The molecule has 2 aliphatic heterocycles. The van der Waals surface area contributed by atoms with Crippen LogP contribution in [0.4, 0.5) is 0 Å². The molecule has 2 heterocycles. The first-order valence-corrected chi connectivity index (χ1v) is 10.1. The molecule has 0 N–H and O–H groups in total. The van der Waals surface area contributed by atoms with Gasteiger partial charge in [-0.25, -0.2) is 0 Å². The third-order valence-corrected chi connectivity index (χ3v) is 5.59. The summed E-state index contributed by atoms with van der Waals surface area (Å²) < 4.78 is 5.50. The number of piperazine rings is 1. The second-order valence-electron chi connectivity index (χ2n) is 7.56. The van der Waals surface area contributed by atoms with Crippen molar-refractivity contribution in [3.8, 4) is 5.75 Å². The lowest BCUT2D eigenvalue weighted by Gasteiger charge is -2.38. The number of nitrogens with zero attached hydrogens (tertiary/aromatic N) is 3. The molecule has 1 atom stereocenters. The minimum Gasteiger partial charge on any atom is -0.494 e. The van der Waals surface area contributed by atoms with E-state index in [1.807, 2.05) is 19.1 Å². The summed E-state index contributed by atoms with van der Waals surface area (Å²) >= 11 is 0. The summed E-state index contributed by atoms with van der Waals surface area (Å²) in [6, 6.07) is 8.82. The van der Waals surface area contributed by atoms with Gasteiger partial charge in [0.25, 0.3) is 0 Å². The first kappa shape index (κ1) is 19.2. The van der Waals surface area contributed by atoms with E-state index in [1.165, 1.54) is 12.0 Å². The third kappa shape index (κ3) is 5.21. The van der Waals surface area contributed by atoms with Crippen molar-refractivity contribution in [2.45, 2.75) is 45.7 Å². The predicted molar refractivity (Wildman–Crippen MR) is 104 cm³/mol. The molecule has 0 spiro atoms. The Morgan fingerprint density at radius 1 is 1.04 bits per heavy atom. The van der Waals surface area contributed by atoms with Crippen molar-refractivity contribution in [1.29, 1.82) is 0 Å². The number of hydrogen-bond donors (Lipinski definition) is 0. The first-order valence-electron chi connectivity index (χ1n) is 10.1. The summed E-state index contributed by atoms with van der Waals surface area (Å²) in [5.74, 6) is 1.25. The van der Waals surface area contributed by atoms with Crippen molar-refractivity contribution in [2.24, 2.45) is 0 Å². The number of carbonyl (C=O) groups excluding carboxylic acids is 1. The van der Waals surface area contributed by atoms with E-state index >= 15 is 0 Å². The number of benzene rings is 1. The Hall–Kier alpha value is -1.59. The average molecular weight is 360 g/mol. The molecule has 1 aromatic rings. The van der Waals surface area contributed by atoms with E-state index in [0.29, 0.717) is 25.1 Å². The normalized spacial score (nSPS) is 22.4. The van der Waals surface area contributed by atoms with Crippen LogP contribution in [0.1, 0.15) is 38.7 Å². The van der Waals surface area contributed by atoms with Gasteiger partial charge >= 0.3 is 0 Å². The molecule has 1 unspecified atom stereocenters. The van der Waals surface area contributed by atoms with Gasteiger partial charge in [0.1, 0.15) is 5.75 Å². The van der Waals surface area contributed by atoms with Gasteiger partial charge in [0, 0.05) is 45.3 Å². The number of rotatable bonds is 6. The summed E-state index contributed by atoms with van der Waals surface area (Å²) in [5, 5.41) is 0. The largest absolute Gasteiger partial charge is 0.494 e. The Morgan fingerprint density at radius 2 is 1.73 bits per heavy atom. The molecule has 2 fully saturated rings. The standard InChI is InChI=1S/C21H33N3O2/c1-3-26-20-9-7-19(8-10-20)16-22-12-14-23(15-13-22)17-21(25)24-11-5-4-6-18(24)2/h7-10,18H,3-6,11-17H2,1-2H3. The van der Waals surface area contributed by atoms with Gasteiger partial charge in [-0.15, -0.1) is 0 Å². The van der Waals surface area contributed by atoms with E-state index in [1.54, 1.807) is 0 Å². The van der Waals surface area contributed by atoms with Crippen molar-refractivity contribution in [1.82, 2.24) is 14.7 Å². The number of ether oxygens (including phenoxy) is 1. The van der Waals surface area contributed by atoms with Crippen molar-refractivity contribution in [3.63, 3.8) is 0 Å². The van der Waals surface area contributed by atoms with Gasteiger partial charge in [-0.05, 0) is 50.8 Å². The van der Waals surface area contributed by atoms with E-state index in [0.717, 1.165) is 57.9 Å². The third-order valence-electron chi connectivity index (χ3n) is 5.59. The Morgan fingerprint density at radius 3 is 2.38 bits per heavy atom. The minimum atomic E-state index is 0.317. The van der Waals surface area contributed by atoms with E-state index in [2.05, 4.69) is 33.8 Å². The van der Waals surface area contributed by atoms with Gasteiger partial charge in [-0.2, -0.15) is 0 Å². The summed E-state index contributed by atoms with van der Waals surface area (Å²) in [5.41, 5.74) is 1.32. The molecule has 3 rings (SSSR count). The summed E-state index contributed by atoms with van der Waals surface area (Å²) in [6.45, 7) is 11.4. The molecule has 5 nitrogen and oxygen atoms in total. The fourth-order valence-electron chi connectivity index (χ4n) is 3.97. The Labute approximate surface area is 157 Å². The van der Waals surface area contributed by atoms with Crippen molar-refractivity contribution in [2.75, 3.05) is 45.9 Å². The van der Waals surface area contributed by atoms with Gasteiger partial charge in [0.15, 0.2) is 0 Å². The maximum atomic E-state index is 12.6. The van der Waals surface area contributed by atoms with Crippen LogP contribution < -0.4 is 4.74 Å². The van der Waals surface area contributed by atoms with Crippen LogP contribution in [0.25, 0.3) is 0 Å². The minimum absolute atomic E-state index is 0.317. The van der Waals surface area contributed by atoms with Gasteiger partial charge in [-0.3, -0.25) is 14.6 Å². The van der Waals surface area contributed by atoms with Crippen LogP contribution in [-0.4, -0.2) is 72.5 Å². The van der Waals surface area contributed by atoms with Crippen LogP contribution in [0.3, 0.4) is 0 Å². The van der Waals surface area contributed by atoms with Gasteiger partial charge in [0.2, 0.25) is 5.91 Å². The second-order valence-corrected chi connectivity index (χ2v) is 7.56. The molecule has 0 bridgehead atoms. The molecule has 26 heavy (non-hydrogen) atoms. The Balaban J connectivity index is 1.41. The highest BCUT2D eigenvalue weighted by Crippen LogP contribution is 2.18. The quantitative estimate of drug-likeness (QED) is 0.782. The molecule has 0 radical (unpaired) electrons. The topological polar surface area (TPSA) is 36.0 Å². The lowest BCUT2D eigenvalue weighted by atomic mass is 10.0. The van der Waals surface area contributed by atoms with E-state index < -0.39 is 0 Å². The number of carbonyl (C=O) groups is 1. The van der Waals surface area contributed by atoms with Crippen LogP contribution >= 0.6 is 0 Å². The van der Waals surface area contributed by atoms with Crippen molar-refractivity contribution >= 4 is 5.91 Å². The average Bonchev–Trinajstić information content (AvgIpc) is 2.65. The van der Waals surface area contributed by atoms with Crippen LogP contribution in [0.15, 0.2) is 24.3 Å². The maximum Gasteiger partial charge on any atom is 0.236 e. The highest BCUT2D eigenvalue weighted by atomic mass is 16.5. The van der Waals surface area contributed by atoms with Crippen LogP contribution in [0.5, 0.6) is 5.75 Å². The highest BCUT2D eigenvalue weighted by Gasteiger charge is 2.26. The van der Waals surface area contributed by atoms with Crippen LogP contribution in [0, 0.1) is 0 Å². The molecule has 2 aliphatic rings. The summed E-state index contributed by atoms with van der Waals surface area (Å²) in [4.78, 5) is 19.5. The SMILES string of the molecule is CCOc1ccc(CN2CCN(CC(=O)N3CCCCC3C)CC2)cc1. The zero-order valence-corrected chi connectivity index (χ0v) is 16.3. The number of hydrogen-bond acceptors (Lipinski definition) is 4. The van der Waals surface area contributed by atoms with Gasteiger partial charge in [-0.1, -0.05) is 12.1 Å². The maximum absolute atomic E-state index is 12.6. The lowest BCUT2D eigenvalue weighted by molar-refractivity contribution is -0.136. The first-order chi connectivity index (χ1) is 12.7. The fourth-order valence-corrected chi connectivity index (χ4v) is 3.97. The monoisotopic (exact) mass is 359 g/mol. The van der Waals surface area contributed by atoms with E-state index in [-0.39, 0.29) is 0 Å². The highest BCUT2D eigenvalue weighted by molar-refractivity contribution is 5.78. The van der Waals surface area contributed by atoms with Crippen molar-refractivity contribution in [3.05, 3.63) is 29.8 Å². The lowest BCUT2D eigenvalue weighted by Crippen LogP contribution is -2.51. The summed E-state index contributed by atoms with van der Waals surface area (Å²) in [6.07, 6.45) is 3.57. The fraction of sp³-hybridized carbons (Fsp3) is 0.667. The zero-order valence-electron chi connectivity index (χ0n) is 16.3. The molecular weight excluding hydrogens is 326 g/mol. The van der Waals surface area contributed by atoms with E-state index in [4.69, 9.17) is 4.74 Å². The van der Waals surface area contributed by atoms with Crippen LogP contribution in [0.2, 0.25) is 0 Å². The van der Waals surface area contributed by atoms with Crippen LogP contribution in [-0.2, 0) is 11.3 Å². The molecular formula is C21H33N3O2. The molecule has 0 aliphatic carbocycles. The smallest absolute Gasteiger partial charge is 0.236 e. The van der Waals surface area contributed by atoms with Gasteiger partial charge in [0.05, 0.1) is 13.2 Å². The Bertz CT molecular complexity index is 567.